The van der Waals surface area contributed by atoms with Crippen molar-refractivity contribution < 1.29 is 9.53 Å². The molecule has 21 heavy (non-hydrogen) atoms. The Morgan fingerprint density at radius 2 is 2.05 bits per heavy atom. The highest BCUT2D eigenvalue weighted by Crippen LogP contribution is 2.29. The summed E-state index contributed by atoms with van der Waals surface area (Å²) in [5.41, 5.74) is -0.516. The summed E-state index contributed by atoms with van der Waals surface area (Å²) in [6, 6.07) is 7.75. The highest BCUT2D eigenvalue weighted by molar-refractivity contribution is 5.96. The van der Waals surface area contributed by atoms with Crippen LogP contribution < -0.4 is 15.4 Å². The second kappa shape index (κ2) is 5.99. The van der Waals surface area contributed by atoms with Crippen LogP contribution in [0.25, 0.3) is 10.8 Å². The van der Waals surface area contributed by atoms with Crippen molar-refractivity contribution >= 4 is 22.5 Å². The molecule has 0 bridgehead atoms. The largest absolute Gasteiger partial charge is 0.496 e. The average molecular weight is 287 g/mol. The summed E-state index contributed by atoms with van der Waals surface area (Å²) in [7, 11) is 3.29. The first-order chi connectivity index (χ1) is 9.99. The van der Waals surface area contributed by atoms with Crippen LogP contribution in [0.4, 0.5) is 5.82 Å². The van der Waals surface area contributed by atoms with E-state index in [-0.39, 0.29) is 5.91 Å². The van der Waals surface area contributed by atoms with E-state index in [0.717, 1.165) is 22.3 Å². The minimum absolute atomic E-state index is 0.00665. The molecule has 1 heterocycles. The van der Waals surface area contributed by atoms with Crippen molar-refractivity contribution in [3.05, 3.63) is 30.5 Å². The predicted octanol–water partition coefficient (Wildman–Crippen LogP) is 2.43. The lowest BCUT2D eigenvalue weighted by Crippen LogP contribution is -2.39. The monoisotopic (exact) mass is 287 g/mol. The number of aromatic nitrogens is 1. The van der Waals surface area contributed by atoms with Gasteiger partial charge in [-0.1, -0.05) is 12.1 Å². The molecule has 2 rings (SSSR count). The number of carbonyl (C=O) groups is 1. The van der Waals surface area contributed by atoms with Gasteiger partial charge in [-0.3, -0.25) is 4.79 Å². The zero-order valence-electron chi connectivity index (χ0n) is 12.9. The van der Waals surface area contributed by atoms with E-state index in [0.29, 0.717) is 6.54 Å². The van der Waals surface area contributed by atoms with Crippen molar-refractivity contribution in [3.63, 3.8) is 0 Å². The van der Waals surface area contributed by atoms with Gasteiger partial charge in [0.2, 0.25) is 5.91 Å². The van der Waals surface area contributed by atoms with Gasteiger partial charge in [0.15, 0.2) is 0 Å². The van der Waals surface area contributed by atoms with Gasteiger partial charge in [0.25, 0.3) is 0 Å². The molecule has 0 spiro atoms. The van der Waals surface area contributed by atoms with Gasteiger partial charge < -0.3 is 15.4 Å². The Hall–Kier alpha value is -2.30. The maximum absolute atomic E-state index is 11.8. The fourth-order valence-corrected chi connectivity index (χ4v) is 2.22. The van der Waals surface area contributed by atoms with Gasteiger partial charge in [-0.05, 0) is 26.0 Å². The van der Waals surface area contributed by atoms with Crippen LogP contribution in [-0.2, 0) is 4.79 Å². The maximum Gasteiger partial charge on any atom is 0.227 e. The van der Waals surface area contributed by atoms with Crippen molar-refractivity contribution in [2.24, 2.45) is 5.41 Å². The van der Waals surface area contributed by atoms with Crippen molar-refractivity contribution in [3.8, 4) is 5.75 Å². The van der Waals surface area contributed by atoms with Crippen LogP contribution in [-0.4, -0.2) is 31.6 Å². The lowest BCUT2D eigenvalue weighted by molar-refractivity contribution is -0.128. The highest BCUT2D eigenvalue weighted by atomic mass is 16.5. The standard InChI is InChI=1S/C16H21N3O2/c1-16(2,15(20)17-3)10-19-14-12-6-5-7-13(21-4)11(12)8-9-18-14/h5-9H,10H2,1-4H3,(H,17,20)(H,18,19). The van der Waals surface area contributed by atoms with E-state index >= 15 is 0 Å². The number of nitrogens with one attached hydrogen (secondary N) is 2. The lowest BCUT2D eigenvalue weighted by atomic mass is 9.92. The quantitative estimate of drug-likeness (QED) is 0.886. The van der Waals surface area contributed by atoms with Gasteiger partial charge in [-0.2, -0.15) is 0 Å². The fourth-order valence-electron chi connectivity index (χ4n) is 2.22. The van der Waals surface area contributed by atoms with Crippen molar-refractivity contribution in [1.82, 2.24) is 10.3 Å². The molecule has 1 aromatic heterocycles. The SMILES string of the molecule is CNC(=O)C(C)(C)CNc1nccc2c(OC)cccc12. The number of hydrogen-bond donors (Lipinski definition) is 2. The van der Waals surface area contributed by atoms with Gasteiger partial charge >= 0.3 is 0 Å². The molecule has 112 valence electrons. The van der Waals surface area contributed by atoms with E-state index in [4.69, 9.17) is 4.74 Å². The van der Waals surface area contributed by atoms with Gasteiger partial charge in [0.05, 0.1) is 12.5 Å². The van der Waals surface area contributed by atoms with Crippen LogP contribution in [0.3, 0.4) is 0 Å². The predicted molar refractivity (Wildman–Crippen MR) is 84.6 cm³/mol. The molecular formula is C16H21N3O2. The van der Waals surface area contributed by atoms with Crippen LogP contribution in [0.1, 0.15) is 13.8 Å². The second-order valence-electron chi connectivity index (χ2n) is 5.53. The topological polar surface area (TPSA) is 63.2 Å². The van der Waals surface area contributed by atoms with Gasteiger partial charge in [-0.25, -0.2) is 4.98 Å². The molecule has 2 aromatic rings. The zero-order valence-corrected chi connectivity index (χ0v) is 12.9. The van der Waals surface area contributed by atoms with E-state index in [1.165, 1.54) is 0 Å². The van der Waals surface area contributed by atoms with Crippen LogP contribution in [0.2, 0.25) is 0 Å². The number of hydrogen-bond acceptors (Lipinski definition) is 4. The molecule has 0 saturated heterocycles. The summed E-state index contributed by atoms with van der Waals surface area (Å²) < 4.78 is 5.36. The minimum atomic E-state index is -0.516. The summed E-state index contributed by atoms with van der Waals surface area (Å²) in [5.74, 6) is 1.56. The van der Waals surface area contributed by atoms with E-state index in [9.17, 15) is 4.79 Å². The molecule has 0 unspecified atom stereocenters. The molecule has 0 aliphatic heterocycles. The van der Waals surface area contributed by atoms with E-state index in [1.807, 2.05) is 38.1 Å². The summed E-state index contributed by atoms with van der Waals surface area (Å²) in [6.07, 6.45) is 1.74. The summed E-state index contributed by atoms with van der Waals surface area (Å²) >= 11 is 0. The smallest absolute Gasteiger partial charge is 0.227 e. The average Bonchev–Trinajstić information content (AvgIpc) is 2.51. The molecule has 0 aliphatic carbocycles. The van der Waals surface area contributed by atoms with Crippen molar-refractivity contribution in [2.45, 2.75) is 13.8 Å². The lowest BCUT2D eigenvalue weighted by Gasteiger charge is -2.23. The second-order valence-corrected chi connectivity index (χ2v) is 5.53. The van der Waals surface area contributed by atoms with Crippen LogP contribution in [0.5, 0.6) is 5.75 Å². The number of nitrogens with zero attached hydrogens (tertiary/aromatic N) is 1. The van der Waals surface area contributed by atoms with Gasteiger partial charge in [0.1, 0.15) is 11.6 Å². The molecular weight excluding hydrogens is 266 g/mol. The van der Waals surface area contributed by atoms with Gasteiger partial charge in [0, 0.05) is 30.6 Å². The number of anilines is 1. The number of carbonyl (C=O) groups excluding carboxylic acids is 1. The molecule has 0 saturated carbocycles. The number of benzene rings is 1. The summed E-state index contributed by atoms with van der Waals surface area (Å²) in [5, 5.41) is 7.92. The molecule has 0 fully saturated rings. The Labute approximate surface area is 124 Å². The Balaban J connectivity index is 2.29. The zero-order chi connectivity index (χ0) is 15.5. The van der Waals surface area contributed by atoms with E-state index in [1.54, 1.807) is 20.4 Å². The first kappa shape index (κ1) is 15.1. The number of rotatable bonds is 5. The first-order valence-corrected chi connectivity index (χ1v) is 6.87. The Morgan fingerprint density at radius 3 is 2.71 bits per heavy atom. The Morgan fingerprint density at radius 1 is 1.29 bits per heavy atom. The number of ether oxygens (including phenoxy) is 1. The Kier molecular flexibility index (Phi) is 4.31. The third-order valence-electron chi connectivity index (χ3n) is 3.53. The first-order valence-electron chi connectivity index (χ1n) is 6.87. The molecule has 0 aliphatic rings. The minimum Gasteiger partial charge on any atom is -0.496 e. The molecule has 2 N–H and O–H groups in total. The summed E-state index contributed by atoms with van der Waals surface area (Å²) in [6.45, 7) is 4.28. The number of pyridine rings is 1. The van der Waals surface area contributed by atoms with Gasteiger partial charge in [-0.15, -0.1) is 0 Å². The van der Waals surface area contributed by atoms with Crippen LogP contribution >= 0.6 is 0 Å². The molecule has 5 nitrogen and oxygen atoms in total. The highest BCUT2D eigenvalue weighted by Gasteiger charge is 2.26. The molecule has 0 atom stereocenters. The molecule has 5 heteroatoms. The fraction of sp³-hybridized carbons (Fsp3) is 0.375. The Bertz CT molecular complexity index is 653. The van der Waals surface area contributed by atoms with E-state index < -0.39 is 5.41 Å². The van der Waals surface area contributed by atoms with Crippen molar-refractivity contribution in [1.29, 1.82) is 0 Å². The van der Waals surface area contributed by atoms with E-state index in [2.05, 4.69) is 15.6 Å². The van der Waals surface area contributed by atoms with Crippen molar-refractivity contribution in [2.75, 3.05) is 26.0 Å². The normalized spacial score (nSPS) is 11.2. The number of fused-ring (bicyclic) bond motifs is 1. The summed E-state index contributed by atoms with van der Waals surface area (Å²) in [4.78, 5) is 16.2. The maximum atomic E-state index is 11.8. The molecule has 1 aromatic carbocycles. The number of methoxy groups -OCH3 is 1. The molecule has 0 radical (unpaired) electrons. The third-order valence-corrected chi connectivity index (χ3v) is 3.53. The third kappa shape index (κ3) is 3.07. The number of amides is 1. The molecule has 1 amide bonds. The van der Waals surface area contributed by atoms with Crippen LogP contribution in [0.15, 0.2) is 30.5 Å². The van der Waals surface area contributed by atoms with Crippen LogP contribution in [0, 0.1) is 5.41 Å².